The molecule has 0 aliphatic rings. The Morgan fingerprint density at radius 2 is 2.22 bits per heavy atom. The van der Waals surface area contributed by atoms with E-state index >= 15 is 0 Å². The fraction of sp³-hybridized carbons (Fsp3) is 0.308. The molecule has 0 radical (unpaired) electrons. The third-order valence-corrected chi connectivity index (χ3v) is 2.91. The van der Waals surface area contributed by atoms with Crippen molar-refractivity contribution in [1.29, 1.82) is 0 Å². The van der Waals surface area contributed by atoms with E-state index in [2.05, 4.69) is 10.3 Å². The monoisotopic (exact) mass is 268 g/mol. The molecule has 5 heteroatoms. The molecular weight excluding hydrogens is 255 g/mol. The van der Waals surface area contributed by atoms with Crippen LogP contribution in [-0.4, -0.2) is 4.98 Å². The number of rotatable bonds is 5. The molecule has 0 fully saturated rings. The standard InChI is InChI=1S/C13H14ClFN2O/c1-2-11-7-17-13(18-11)8-16-6-9-3-4-10(15)5-12(9)14/h3-5,7,16H,2,6,8H2,1H3. The molecule has 18 heavy (non-hydrogen) atoms. The van der Waals surface area contributed by atoms with Gasteiger partial charge < -0.3 is 9.73 Å². The highest BCUT2D eigenvalue weighted by atomic mass is 35.5. The molecule has 2 aromatic rings. The summed E-state index contributed by atoms with van der Waals surface area (Å²) in [5, 5.41) is 3.57. The maximum Gasteiger partial charge on any atom is 0.208 e. The van der Waals surface area contributed by atoms with Crippen molar-refractivity contribution in [3.05, 3.63) is 52.5 Å². The quantitative estimate of drug-likeness (QED) is 0.904. The van der Waals surface area contributed by atoms with E-state index < -0.39 is 0 Å². The molecule has 0 saturated heterocycles. The van der Waals surface area contributed by atoms with Crippen LogP contribution in [0, 0.1) is 5.82 Å². The van der Waals surface area contributed by atoms with Crippen molar-refractivity contribution < 1.29 is 8.81 Å². The lowest BCUT2D eigenvalue weighted by Crippen LogP contribution is -2.13. The molecule has 0 aliphatic heterocycles. The molecule has 1 N–H and O–H groups in total. The van der Waals surface area contributed by atoms with Gasteiger partial charge in [0.15, 0.2) is 0 Å². The van der Waals surface area contributed by atoms with Gasteiger partial charge in [0.2, 0.25) is 5.89 Å². The molecule has 0 saturated carbocycles. The van der Waals surface area contributed by atoms with Crippen LogP contribution in [0.15, 0.2) is 28.8 Å². The summed E-state index contributed by atoms with van der Waals surface area (Å²) in [6.45, 7) is 3.08. The van der Waals surface area contributed by atoms with Crippen LogP contribution in [0.25, 0.3) is 0 Å². The van der Waals surface area contributed by atoms with Crippen LogP contribution >= 0.6 is 11.6 Å². The third kappa shape index (κ3) is 3.31. The van der Waals surface area contributed by atoms with Gasteiger partial charge in [-0.3, -0.25) is 0 Å². The minimum atomic E-state index is -0.330. The van der Waals surface area contributed by atoms with Crippen LogP contribution in [0.2, 0.25) is 5.02 Å². The summed E-state index contributed by atoms with van der Waals surface area (Å²) in [5.74, 6) is 1.18. The molecule has 0 spiro atoms. The van der Waals surface area contributed by atoms with E-state index in [0.717, 1.165) is 17.7 Å². The van der Waals surface area contributed by atoms with Gasteiger partial charge >= 0.3 is 0 Å². The number of halogens is 2. The van der Waals surface area contributed by atoms with E-state index in [1.54, 1.807) is 12.3 Å². The second kappa shape index (κ2) is 5.98. The number of oxazole rings is 1. The van der Waals surface area contributed by atoms with Crippen LogP contribution < -0.4 is 5.32 Å². The zero-order valence-corrected chi connectivity index (χ0v) is 10.8. The Hall–Kier alpha value is -1.39. The molecule has 3 nitrogen and oxygen atoms in total. The second-order valence-electron chi connectivity index (χ2n) is 3.91. The minimum Gasteiger partial charge on any atom is -0.444 e. The SMILES string of the molecule is CCc1cnc(CNCc2ccc(F)cc2Cl)o1. The molecule has 0 bridgehead atoms. The van der Waals surface area contributed by atoms with Crippen molar-refractivity contribution >= 4 is 11.6 Å². The maximum atomic E-state index is 12.8. The second-order valence-corrected chi connectivity index (χ2v) is 4.32. The molecule has 0 amide bonds. The van der Waals surface area contributed by atoms with E-state index in [4.69, 9.17) is 16.0 Å². The van der Waals surface area contributed by atoms with Gasteiger partial charge in [0, 0.05) is 18.0 Å². The summed E-state index contributed by atoms with van der Waals surface area (Å²) in [4.78, 5) is 4.13. The van der Waals surface area contributed by atoms with Crippen LogP contribution in [0.5, 0.6) is 0 Å². The predicted octanol–water partition coefficient (Wildman–Crippen LogP) is 3.32. The summed E-state index contributed by atoms with van der Waals surface area (Å²) in [6.07, 6.45) is 2.55. The van der Waals surface area contributed by atoms with Crippen LogP contribution in [0.3, 0.4) is 0 Å². The first-order chi connectivity index (χ1) is 8.69. The average Bonchev–Trinajstić information content (AvgIpc) is 2.80. The summed E-state index contributed by atoms with van der Waals surface area (Å²) in [5.41, 5.74) is 0.848. The Kier molecular flexibility index (Phi) is 4.33. The first kappa shape index (κ1) is 13.1. The Labute approximate surface area is 110 Å². The summed E-state index contributed by atoms with van der Waals surface area (Å²) in [7, 11) is 0. The highest BCUT2D eigenvalue weighted by molar-refractivity contribution is 6.31. The number of aromatic nitrogens is 1. The van der Waals surface area contributed by atoms with Crippen molar-refractivity contribution in [3.8, 4) is 0 Å². The fourth-order valence-electron chi connectivity index (χ4n) is 1.56. The first-order valence-corrected chi connectivity index (χ1v) is 6.15. The molecule has 2 rings (SSSR count). The van der Waals surface area contributed by atoms with Gasteiger partial charge in [0.05, 0.1) is 12.7 Å². The van der Waals surface area contributed by atoms with Crippen LogP contribution in [0.4, 0.5) is 4.39 Å². The Balaban J connectivity index is 1.88. The zero-order valence-electron chi connectivity index (χ0n) is 10.0. The third-order valence-electron chi connectivity index (χ3n) is 2.56. The van der Waals surface area contributed by atoms with E-state index in [-0.39, 0.29) is 5.82 Å². The Bertz CT molecular complexity index is 527. The van der Waals surface area contributed by atoms with Gasteiger partial charge in [0.25, 0.3) is 0 Å². The molecule has 1 heterocycles. The van der Waals surface area contributed by atoms with Crippen LogP contribution in [0.1, 0.15) is 24.1 Å². The molecule has 0 aliphatic carbocycles. The summed E-state index contributed by atoms with van der Waals surface area (Å²) < 4.78 is 18.3. The molecule has 1 aromatic heterocycles. The Morgan fingerprint density at radius 3 is 2.89 bits per heavy atom. The number of nitrogens with zero attached hydrogens (tertiary/aromatic N) is 1. The largest absolute Gasteiger partial charge is 0.444 e. The molecule has 0 unspecified atom stereocenters. The van der Waals surface area contributed by atoms with Crippen molar-refractivity contribution in [2.75, 3.05) is 0 Å². The maximum absolute atomic E-state index is 12.8. The number of hydrogen-bond acceptors (Lipinski definition) is 3. The van der Waals surface area contributed by atoms with Crippen molar-refractivity contribution in [3.63, 3.8) is 0 Å². The van der Waals surface area contributed by atoms with E-state index in [1.165, 1.54) is 12.1 Å². The smallest absolute Gasteiger partial charge is 0.208 e. The average molecular weight is 269 g/mol. The lowest BCUT2D eigenvalue weighted by Gasteiger charge is -2.05. The van der Waals surface area contributed by atoms with Gasteiger partial charge in [-0.2, -0.15) is 0 Å². The molecule has 1 aromatic carbocycles. The lowest BCUT2D eigenvalue weighted by molar-refractivity contribution is 0.439. The minimum absolute atomic E-state index is 0.330. The number of aryl methyl sites for hydroxylation is 1. The Morgan fingerprint density at radius 1 is 1.39 bits per heavy atom. The van der Waals surface area contributed by atoms with Crippen molar-refractivity contribution in [1.82, 2.24) is 10.3 Å². The highest BCUT2D eigenvalue weighted by Gasteiger charge is 2.04. The first-order valence-electron chi connectivity index (χ1n) is 5.77. The number of hydrogen-bond donors (Lipinski definition) is 1. The van der Waals surface area contributed by atoms with E-state index in [9.17, 15) is 4.39 Å². The molecular formula is C13H14ClFN2O. The number of benzene rings is 1. The van der Waals surface area contributed by atoms with Gasteiger partial charge in [0.1, 0.15) is 11.6 Å². The topological polar surface area (TPSA) is 38.1 Å². The van der Waals surface area contributed by atoms with Gasteiger partial charge in [-0.15, -0.1) is 0 Å². The fourth-order valence-corrected chi connectivity index (χ4v) is 1.80. The normalized spacial score (nSPS) is 10.8. The van der Waals surface area contributed by atoms with Gasteiger partial charge in [-0.25, -0.2) is 9.37 Å². The van der Waals surface area contributed by atoms with Crippen molar-refractivity contribution in [2.24, 2.45) is 0 Å². The van der Waals surface area contributed by atoms with E-state index in [0.29, 0.717) is 24.0 Å². The highest BCUT2D eigenvalue weighted by Crippen LogP contribution is 2.17. The van der Waals surface area contributed by atoms with Gasteiger partial charge in [-0.1, -0.05) is 24.6 Å². The number of nitrogens with one attached hydrogen (secondary N) is 1. The van der Waals surface area contributed by atoms with Crippen LogP contribution in [-0.2, 0) is 19.5 Å². The predicted molar refractivity (Wildman–Crippen MR) is 67.8 cm³/mol. The van der Waals surface area contributed by atoms with Crippen molar-refractivity contribution in [2.45, 2.75) is 26.4 Å². The molecule has 0 atom stereocenters. The zero-order chi connectivity index (χ0) is 13.0. The van der Waals surface area contributed by atoms with Gasteiger partial charge in [-0.05, 0) is 17.7 Å². The summed E-state index contributed by atoms with van der Waals surface area (Å²) in [6, 6.07) is 4.36. The van der Waals surface area contributed by atoms with E-state index in [1.807, 2.05) is 6.92 Å². The lowest BCUT2D eigenvalue weighted by atomic mass is 10.2. The summed E-state index contributed by atoms with van der Waals surface area (Å²) >= 11 is 5.92. The molecule has 96 valence electrons.